The van der Waals surface area contributed by atoms with Crippen LogP contribution in [0.3, 0.4) is 0 Å². The molecule has 0 saturated heterocycles. The number of benzene rings is 14. The van der Waals surface area contributed by atoms with Crippen LogP contribution in [0.15, 0.2) is 303 Å². The maximum atomic E-state index is 2.48. The number of aromatic nitrogens is 2. The predicted molar refractivity (Wildman–Crippen MR) is 368 cm³/mol. The van der Waals surface area contributed by atoms with Gasteiger partial charge in [0.2, 0.25) is 0 Å². The van der Waals surface area contributed by atoms with Crippen molar-refractivity contribution >= 4 is 89.5 Å². The smallest absolute Gasteiger partial charge is 0.0725 e. The average Bonchev–Trinajstić information content (AvgIpc) is 1.64. The van der Waals surface area contributed by atoms with Crippen LogP contribution >= 0.6 is 0 Å². The fourth-order valence-electron chi connectivity index (χ4n) is 15.2. The third kappa shape index (κ3) is 7.41. The van der Waals surface area contributed by atoms with Gasteiger partial charge < -0.3 is 9.13 Å². The summed E-state index contributed by atoms with van der Waals surface area (Å²) in [4.78, 5) is 0. The first-order valence-corrected chi connectivity index (χ1v) is 30.2. The van der Waals surface area contributed by atoms with Gasteiger partial charge >= 0.3 is 0 Å². The zero-order valence-electron chi connectivity index (χ0n) is 47.6. The van der Waals surface area contributed by atoms with Crippen LogP contribution in [0.4, 0.5) is 0 Å². The molecule has 404 valence electrons. The van der Waals surface area contributed by atoms with Crippen molar-refractivity contribution in [3.63, 3.8) is 0 Å². The number of rotatable bonds is 8. The summed E-state index contributed by atoms with van der Waals surface area (Å²) < 4.78 is 4.77. The largest absolute Gasteiger partial charge is 0.309 e. The highest BCUT2D eigenvalue weighted by Gasteiger charge is 2.51. The molecule has 0 fully saturated rings. The summed E-state index contributed by atoms with van der Waals surface area (Å²) in [7, 11) is 0. The minimum Gasteiger partial charge on any atom is -0.309 e. The third-order valence-electron chi connectivity index (χ3n) is 19.0. The monoisotopic (exact) mass is 1100 g/mol. The van der Waals surface area contributed by atoms with E-state index in [1.807, 2.05) is 0 Å². The molecule has 0 saturated carbocycles. The first-order chi connectivity index (χ1) is 43.2. The first kappa shape index (κ1) is 49.1. The molecule has 0 bridgehead atoms. The van der Waals surface area contributed by atoms with E-state index in [4.69, 9.17) is 0 Å². The zero-order valence-corrected chi connectivity index (χ0v) is 47.6. The molecule has 14 aromatic carbocycles. The highest BCUT2D eigenvalue weighted by atomic mass is 15.0. The maximum absolute atomic E-state index is 2.48. The van der Waals surface area contributed by atoms with Crippen molar-refractivity contribution in [2.45, 2.75) is 5.41 Å². The lowest BCUT2D eigenvalue weighted by molar-refractivity contribution is 0.793. The lowest BCUT2D eigenvalue weighted by Gasteiger charge is -2.30. The fraction of sp³-hybridized carbons (Fsp3) is 0.0118. The molecular weight excluding hydrogens is 1050 g/mol. The lowest BCUT2D eigenvalue weighted by Crippen LogP contribution is -2.26. The van der Waals surface area contributed by atoms with E-state index in [1.165, 1.54) is 166 Å². The Labute approximate surface area is 504 Å². The van der Waals surface area contributed by atoms with Crippen LogP contribution in [0.1, 0.15) is 44.5 Å². The maximum Gasteiger partial charge on any atom is 0.0725 e. The highest BCUT2D eigenvalue weighted by Crippen LogP contribution is 2.63. The molecule has 0 N–H and O–H groups in total. The second kappa shape index (κ2) is 19.4. The molecule has 0 aliphatic heterocycles. The number of para-hydroxylation sites is 4. The van der Waals surface area contributed by atoms with Crippen molar-refractivity contribution < 1.29 is 0 Å². The van der Waals surface area contributed by atoms with Crippen molar-refractivity contribution in [1.29, 1.82) is 0 Å². The van der Waals surface area contributed by atoms with Gasteiger partial charge in [-0.05, 0) is 183 Å². The van der Waals surface area contributed by atoms with Crippen molar-refractivity contribution in [2.24, 2.45) is 0 Å². The number of fused-ring (bicyclic) bond motifs is 18. The van der Waals surface area contributed by atoms with E-state index in [-0.39, 0.29) is 0 Å². The van der Waals surface area contributed by atoms with Gasteiger partial charge in [0.05, 0.1) is 27.5 Å². The second-order valence-electron chi connectivity index (χ2n) is 23.5. The molecule has 87 heavy (non-hydrogen) atoms. The van der Waals surface area contributed by atoms with E-state index in [9.17, 15) is 0 Å². The van der Waals surface area contributed by atoms with Crippen LogP contribution in [0, 0.1) is 0 Å². The summed E-state index contributed by atoms with van der Waals surface area (Å²) in [5.41, 5.74) is 26.8. The van der Waals surface area contributed by atoms with Crippen LogP contribution in [-0.2, 0) is 5.41 Å². The van der Waals surface area contributed by atoms with Gasteiger partial charge in [0, 0.05) is 32.9 Å². The number of nitrogens with zero attached hydrogens (tertiary/aromatic N) is 2. The van der Waals surface area contributed by atoms with Gasteiger partial charge in [-0.1, -0.05) is 255 Å². The summed E-state index contributed by atoms with van der Waals surface area (Å²) in [6.07, 6.45) is 9.28. The van der Waals surface area contributed by atoms with E-state index in [0.717, 1.165) is 0 Å². The van der Waals surface area contributed by atoms with Gasteiger partial charge in [0.25, 0.3) is 0 Å². The van der Waals surface area contributed by atoms with Crippen LogP contribution in [0.2, 0.25) is 0 Å². The Bertz CT molecular complexity index is 5230. The highest BCUT2D eigenvalue weighted by molar-refractivity contribution is 6.14. The predicted octanol–water partition coefficient (Wildman–Crippen LogP) is 22.2. The van der Waals surface area contributed by atoms with E-state index in [2.05, 4.69) is 337 Å². The molecule has 2 heterocycles. The van der Waals surface area contributed by atoms with E-state index < -0.39 is 5.41 Å². The standard InChI is InChI=1S/C85H54N2/c1-3-19-61(20-4-1)86-81-33-17-13-29-73(81)75-53-59(43-49-83(75)86)65-47-41-57(63-23-7-9-25-67(63)65)39-35-55-37-45-71-72-46-38-56(52-80(72)85(79(71)51-55)77-31-15-11-27-69(77)70-28-12-16-32-78(70)85)36-40-58-42-48-66(68-26-10-8-24-64(58)68)60-44-50-84-76(54-60)74-30-14-18-34-82(74)87(84)62-21-5-2-6-22-62/h1-54H. The molecule has 0 radical (unpaired) electrons. The summed E-state index contributed by atoms with van der Waals surface area (Å²) in [6, 6.07) is 112. The summed E-state index contributed by atoms with van der Waals surface area (Å²) in [5, 5.41) is 9.95. The quantitative estimate of drug-likeness (QED) is 0.134. The fourth-order valence-corrected chi connectivity index (χ4v) is 15.2. The van der Waals surface area contributed by atoms with Gasteiger partial charge in [-0.2, -0.15) is 0 Å². The van der Waals surface area contributed by atoms with Gasteiger partial charge in [-0.25, -0.2) is 0 Å². The van der Waals surface area contributed by atoms with E-state index >= 15 is 0 Å². The molecule has 16 aromatic rings. The molecule has 2 nitrogen and oxygen atoms in total. The van der Waals surface area contributed by atoms with Crippen LogP contribution in [0.25, 0.3) is 145 Å². The molecule has 2 heteroatoms. The zero-order chi connectivity index (χ0) is 57.2. The van der Waals surface area contributed by atoms with Crippen LogP contribution < -0.4 is 0 Å². The Hall–Kier alpha value is -11.3. The average molecular weight is 1100 g/mol. The normalized spacial score (nSPS) is 13.1. The molecular formula is C85H54N2. The molecule has 0 unspecified atom stereocenters. The van der Waals surface area contributed by atoms with Gasteiger partial charge in [0.15, 0.2) is 0 Å². The van der Waals surface area contributed by atoms with E-state index in [0.29, 0.717) is 0 Å². The van der Waals surface area contributed by atoms with Crippen molar-refractivity contribution in [2.75, 3.05) is 0 Å². The molecule has 0 atom stereocenters. The van der Waals surface area contributed by atoms with Gasteiger partial charge in [0.1, 0.15) is 0 Å². The first-order valence-electron chi connectivity index (χ1n) is 30.2. The summed E-state index contributed by atoms with van der Waals surface area (Å²) >= 11 is 0. The van der Waals surface area contributed by atoms with Crippen LogP contribution in [-0.4, -0.2) is 9.13 Å². The number of hydrogen-bond acceptors (Lipinski definition) is 0. The van der Waals surface area contributed by atoms with Gasteiger partial charge in [-0.15, -0.1) is 0 Å². The minimum absolute atomic E-state index is 0.503. The van der Waals surface area contributed by atoms with Crippen molar-refractivity contribution in [3.05, 3.63) is 348 Å². The molecule has 18 rings (SSSR count). The Kier molecular flexibility index (Phi) is 10.9. The van der Waals surface area contributed by atoms with E-state index in [1.54, 1.807) is 0 Å². The second-order valence-corrected chi connectivity index (χ2v) is 23.5. The lowest BCUT2D eigenvalue weighted by atomic mass is 9.70. The molecule has 2 aliphatic rings. The van der Waals surface area contributed by atoms with Crippen molar-refractivity contribution in [1.82, 2.24) is 9.13 Å². The van der Waals surface area contributed by atoms with Gasteiger partial charge in [-0.3, -0.25) is 0 Å². The minimum atomic E-state index is -0.503. The SMILES string of the molecule is C(=Cc1ccc(-c2ccc3c(c2)c2ccccc2n3-c2ccccc2)c2ccccc12)c1ccc2c(c1)C1(c3ccccc3-c3ccccc31)c1cc(C=Cc3ccc(-c4ccc5c(c4)c4ccccc4n5-c4ccccc4)c4ccccc34)ccc1-2. The topological polar surface area (TPSA) is 9.86 Å². The molecule has 0 amide bonds. The Balaban J connectivity index is 0.710. The molecule has 2 aromatic heterocycles. The Morgan fingerprint density at radius 2 is 0.575 bits per heavy atom. The number of hydrogen-bond donors (Lipinski definition) is 0. The van der Waals surface area contributed by atoms with Crippen molar-refractivity contribution in [3.8, 4) is 55.9 Å². The third-order valence-corrected chi connectivity index (χ3v) is 19.0. The molecule has 1 spiro atoms. The summed E-state index contributed by atoms with van der Waals surface area (Å²) in [5.74, 6) is 0. The Morgan fingerprint density at radius 1 is 0.218 bits per heavy atom. The van der Waals surface area contributed by atoms with Crippen LogP contribution in [0.5, 0.6) is 0 Å². The molecule has 2 aliphatic carbocycles. The Morgan fingerprint density at radius 3 is 1.03 bits per heavy atom. The summed E-state index contributed by atoms with van der Waals surface area (Å²) in [6.45, 7) is 0.